The zero-order valence-electron chi connectivity index (χ0n) is 28.7. The van der Waals surface area contributed by atoms with Crippen molar-refractivity contribution in [3.05, 3.63) is 170 Å². The zero-order chi connectivity index (χ0) is 37.9. The molecule has 0 saturated carbocycles. The van der Waals surface area contributed by atoms with Crippen LogP contribution in [-0.2, 0) is 21.0 Å². The van der Waals surface area contributed by atoms with Gasteiger partial charge in [0.25, 0.3) is 11.8 Å². The van der Waals surface area contributed by atoms with Crippen molar-refractivity contribution in [2.75, 3.05) is 12.9 Å². The molecule has 5 rings (SSSR count). The smallest absolute Gasteiger partial charge is 0.285 e. The molecule has 0 aromatic heterocycles. The zero-order valence-corrected chi connectivity index (χ0v) is 31.8. The molecule has 270 valence electrons. The average Bonchev–Trinajstić information content (AvgIpc) is 3.16. The standard InChI is InChI=1S/C41H34Cl3N3O5S/c1-4-6-17-31(5-2)47-40(50)32(20-26-21-34(44)38(35(22-26)51-3)52-24-29-18-19-30(42)23-33(29)43)39(49)46-41(47)53-25-36(48)45-37(27-13-9-7-10-14-27)28-15-11-8-12-16-28/h4-23,37H,1,24-25H2,2-3H3,(H,45,48)/b17-6-,31-5+,32-20+. The number of aliphatic imine (C=N–C) groups is 1. The van der Waals surface area contributed by atoms with E-state index in [0.717, 1.165) is 22.9 Å². The number of hydrogen-bond acceptors (Lipinski definition) is 6. The van der Waals surface area contributed by atoms with Gasteiger partial charge in [-0.3, -0.25) is 19.3 Å². The summed E-state index contributed by atoms with van der Waals surface area (Å²) in [4.78, 5) is 46.7. The number of amidine groups is 1. The lowest BCUT2D eigenvalue weighted by atomic mass is 9.99. The van der Waals surface area contributed by atoms with E-state index in [4.69, 9.17) is 44.3 Å². The minimum absolute atomic E-state index is 0.0466. The summed E-state index contributed by atoms with van der Waals surface area (Å²) in [5, 5.41) is 4.23. The van der Waals surface area contributed by atoms with Gasteiger partial charge >= 0.3 is 0 Å². The van der Waals surface area contributed by atoms with Crippen molar-refractivity contribution in [3.8, 4) is 11.5 Å². The van der Waals surface area contributed by atoms with E-state index in [9.17, 15) is 14.4 Å². The lowest BCUT2D eigenvalue weighted by Crippen LogP contribution is -2.42. The quantitative estimate of drug-likeness (QED) is 0.0824. The highest BCUT2D eigenvalue weighted by Gasteiger charge is 2.35. The molecular formula is C41H34Cl3N3O5S. The van der Waals surface area contributed by atoms with Crippen LogP contribution in [0.15, 0.2) is 138 Å². The van der Waals surface area contributed by atoms with Crippen LogP contribution in [0, 0.1) is 0 Å². The van der Waals surface area contributed by atoms with Gasteiger partial charge in [0, 0.05) is 21.3 Å². The Morgan fingerprint density at radius 3 is 2.25 bits per heavy atom. The Balaban J connectivity index is 1.41. The second-order valence-electron chi connectivity index (χ2n) is 11.4. The van der Waals surface area contributed by atoms with E-state index in [1.165, 1.54) is 18.1 Å². The number of methoxy groups -OCH3 is 1. The van der Waals surface area contributed by atoms with Crippen LogP contribution in [0.4, 0.5) is 0 Å². The van der Waals surface area contributed by atoms with Crippen molar-refractivity contribution < 1.29 is 23.9 Å². The topological polar surface area (TPSA) is 97.3 Å². The fraction of sp³-hybridized carbons (Fsp3) is 0.122. The van der Waals surface area contributed by atoms with E-state index in [0.29, 0.717) is 26.9 Å². The van der Waals surface area contributed by atoms with Gasteiger partial charge in [-0.2, -0.15) is 4.99 Å². The second-order valence-corrected chi connectivity index (χ2v) is 13.6. The SMILES string of the molecule is C=C/C=C\C(=C/C)N1C(=O)/C(=C/c2cc(Cl)c(OCc3ccc(Cl)cc3Cl)c(OC)c2)C(=O)N=C1SCC(=O)NC(c1ccccc1)c1ccccc1. The molecule has 0 atom stereocenters. The lowest BCUT2D eigenvalue weighted by molar-refractivity contribution is -0.126. The Morgan fingerprint density at radius 2 is 1.64 bits per heavy atom. The minimum atomic E-state index is -0.781. The Kier molecular flexibility index (Phi) is 13.8. The summed E-state index contributed by atoms with van der Waals surface area (Å²) in [6, 6.07) is 27.0. The number of hydrogen-bond donors (Lipinski definition) is 1. The maximum Gasteiger partial charge on any atom is 0.285 e. The van der Waals surface area contributed by atoms with Crippen LogP contribution in [0.1, 0.15) is 35.2 Å². The first kappa shape index (κ1) is 39.2. The molecule has 0 saturated heterocycles. The van der Waals surface area contributed by atoms with Gasteiger partial charge in [-0.25, -0.2) is 0 Å². The highest BCUT2D eigenvalue weighted by Crippen LogP contribution is 2.38. The second kappa shape index (κ2) is 18.6. The van der Waals surface area contributed by atoms with E-state index < -0.39 is 17.9 Å². The maximum atomic E-state index is 14.2. The number of amides is 3. The van der Waals surface area contributed by atoms with Crippen molar-refractivity contribution in [2.45, 2.75) is 19.6 Å². The summed E-state index contributed by atoms with van der Waals surface area (Å²) in [5.41, 5.74) is 3.08. The number of thioether (sulfide) groups is 1. The Morgan fingerprint density at radius 1 is 0.962 bits per heavy atom. The van der Waals surface area contributed by atoms with Crippen LogP contribution in [0.3, 0.4) is 0 Å². The Labute approximate surface area is 327 Å². The summed E-state index contributed by atoms with van der Waals surface area (Å²) in [6.45, 7) is 5.55. The number of benzene rings is 4. The lowest BCUT2D eigenvalue weighted by Gasteiger charge is -2.28. The number of carbonyl (C=O) groups is 3. The number of ether oxygens (including phenoxy) is 2. The van der Waals surface area contributed by atoms with Gasteiger partial charge in [-0.05, 0) is 60.0 Å². The molecule has 0 spiro atoms. The predicted molar refractivity (Wildman–Crippen MR) is 214 cm³/mol. The van der Waals surface area contributed by atoms with Crippen LogP contribution in [0.5, 0.6) is 11.5 Å². The van der Waals surface area contributed by atoms with Crippen molar-refractivity contribution in [1.29, 1.82) is 0 Å². The van der Waals surface area contributed by atoms with Gasteiger partial charge < -0.3 is 14.8 Å². The molecular weight excluding hydrogens is 753 g/mol. The summed E-state index contributed by atoms with van der Waals surface area (Å²) < 4.78 is 11.5. The van der Waals surface area contributed by atoms with E-state index in [2.05, 4.69) is 16.9 Å². The first-order valence-electron chi connectivity index (χ1n) is 16.2. The van der Waals surface area contributed by atoms with Crippen molar-refractivity contribution in [3.63, 3.8) is 0 Å². The highest BCUT2D eigenvalue weighted by molar-refractivity contribution is 8.14. The average molecular weight is 787 g/mol. The molecule has 0 bridgehead atoms. The van der Waals surface area contributed by atoms with Crippen LogP contribution < -0.4 is 14.8 Å². The summed E-state index contributed by atoms with van der Waals surface area (Å²) in [5.74, 6) is -1.36. The number of rotatable bonds is 13. The van der Waals surface area contributed by atoms with E-state index in [1.54, 1.807) is 61.6 Å². The molecule has 0 fully saturated rings. The van der Waals surface area contributed by atoms with Crippen molar-refractivity contribution in [2.24, 2.45) is 4.99 Å². The maximum absolute atomic E-state index is 14.2. The van der Waals surface area contributed by atoms with Gasteiger partial charge in [-0.15, -0.1) is 0 Å². The van der Waals surface area contributed by atoms with Gasteiger partial charge in [0.05, 0.1) is 23.9 Å². The molecule has 53 heavy (non-hydrogen) atoms. The van der Waals surface area contributed by atoms with Crippen LogP contribution >= 0.6 is 46.6 Å². The third-order valence-electron chi connectivity index (χ3n) is 7.86. The van der Waals surface area contributed by atoms with Gasteiger partial charge in [-0.1, -0.05) is 138 Å². The molecule has 12 heteroatoms. The van der Waals surface area contributed by atoms with E-state index in [-0.39, 0.29) is 45.5 Å². The number of nitrogens with zero attached hydrogens (tertiary/aromatic N) is 2. The monoisotopic (exact) mass is 785 g/mol. The molecule has 4 aromatic rings. The number of halogens is 3. The molecule has 3 amide bonds. The summed E-state index contributed by atoms with van der Waals surface area (Å²) in [7, 11) is 1.44. The number of allylic oxidation sites excluding steroid dienone is 4. The molecule has 1 aliphatic rings. The van der Waals surface area contributed by atoms with Crippen molar-refractivity contribution >= 4 is 75.5 Å². The molecule has 0 radical (unpaired) electrons. The van der Waals surface area contributed by atoms with Gasteiger partial charge in [0.1, 0.15) is 12.2 Å². The third kappa shape index (κ3) is 9.88. The Hall–Kier alpha value is -5.06. The highest BCUT2D eigenvalue weighted by atomic mass is 35.5. The van der Waals surface area contributed by atoms with E-state index in [1.807, 2.05) is 60.7 Å². The largest absolute Gasteiger partial charge is 0.493 e. The van der Waals surface area contributed by atoms with Gasteiger partial charge in [0.2, 0.25) is 5.91 Å². The fourth-order valence-corrected chi connectivity index (χ4v) is 6.86. The first-order chi connectivity index (χ1) is 25.6. The predicted octanol–water partition coefficient (Wildman–Crippen LogP) is 9.63. The molecule has 1 aliphatic heterocycles. The summed E-state index contributed by atoms with van der Waals surface area (Å²) in [6.07, 6.45) is 7.96. The molecule has 8 nitrogen and oxygen atoms in total. The van der Waals surface area contributed by atoms with Crippen LogP contribution in [-0.4, -0.2) is 40.7 Å². The fourth-order valence-electron chi connectivity index (χ4n) is 5.31. The van der Waals surface area contributed by atoms with Crippen molar-refractivity contribution in [1.82, 2.24) is 10.2 Å². The first-order valence-corrected chi connectivity index (χ1v) is 18.4. The molecule has 1 heterocycles. The third-order valence-corrected chi connectivity index (χ3v) is 9.67. The van der Waals surface area contributed by atoms with Crippen LogP contribution in [0.25, 0.3) is 6.08 Å². The number of carbonyl (C=O) groups excluding carboxylic acids is 3. The molecule has 1 N–H and O–H groups in total. The molecule has 4 aromatic carbocycles. The Bertz CT molecular complexity index is 2100. The molecule has 0 aliphatic carbocycles. The summed E-state index contributed by atoms with van der Waals surface area (Å²) >= 11 is 19.9. The normalized spacial score (nSPS) is 14.2. The van der Waals surface area contributed by atoms with E-state index >= 15 is 0 Å². The minimum Gasteiger partial charge on any atom is -0.493 e. The van der Waals surface area contributed by atoms with Crippen LogP contribution in [0.2, 0.25) is 15.1 Å². The number of nitrogens with one attached hydrogen (secondary N) is 1. The molecule has 0 unspecified atom stereocenters. The van der Waals surface area contributed by atoms with Gasteiger partial charge in [0.15, 0.2) is 16.7 Å².